The van der Waals surface area contributed by atoms with E-state index in [2.05, 4.69) is 0 Å². The lowest BCUT2D eigenvalue weighted by Gasteiger charge is -2.13. The lowest BCUT2D eigenvalue weighted by molar-refractivity contribution is 0.192. The molecule has 0 aromatic heterocycles. The minimum absolute atomic E-state index is 0.179. The smallest absolute Gasteiger partial charge is 0.164 e. The Labute approximate surface area is 80.2 Å². The predicted octanol–water partition coefficient (Wildman–Crippen LogP) is 2.77. The van der Waals surface area contributed by atoms with Gasteiger partial charge in [0, 0.05) is 11.1 Å². The predicted molar refractivity (Wildman–Crippen MR) is 46.4 cm³/mol. The van der Waals surface area contributed by atoms with E-state index in [4.69, 9.17) is 0 Å². The monoisotopic (exact) mass is 204 g/mol. The molecule has 0 radical (unpaired) electrons. The zero-order valence-electron chi connectivity index (χ0n) is 8.16. The van der Waals surface area contributed by atoms with E-state index in [1.165, 1.54) is 13.8 Å². The molecule has 1 nitrogen and oxygen atoms in total. The van der Waals surface area contributed by atoms with E-state index in [1.807, 2.05) is 0 Å². The number of rotatable bonds is 1. The molecule has 0 saturated heterocycles. The molecule has 1 atom stereocenters. The molecule has 0 spiro atoms. The van der Waals surface area contributed by atoms with Crippen LogP contribution < -0.4 is 0 Å². The molecular weight excluding hydrogens is 193 g/mol. The van der Waals surface area contributed by atoms with Crippen LogP contribution in [0.2, 0.25) is 0 Å². The number of aliphatic hydroxyl groups excluding tert-OH is 1. The van der Waals surface area contributed by atoms with Crippen molar-refractivity contribution in [3.8, 4) is 0 Å². The number of aliphatic hydroxyl groups is 1. The fraction of sp³-hybridized carbons (Fsp3) is 0.400. The summed E-state index contributed by atoms with van der Waals surface area (Å²) in [7, 11) is 0. The van der Waals surface area contributed by atoms with Crippen molar-refractivity contribution < 1.29 is 18.3 Å². The molecule has 0 aliphatic heterocycles. The van der Waals surface area contributed by atoms with E-state index >= 15 is 0 Å². The summed E-state index contributed by atoms with van der Waals surface area (Å²) in [4.78, 5) is 0. The van der Waals surface area contributed by atoms with Crippen molar-refractivity contribution in [2.45, 2.75) is 26.9 Å². The largest absolute Gasteiger partial charge is 0.389 e. The zero-order chi connectivity index (χ0) is 11.0. The molecule has 14 heavy (non-hydrogen) atoms. The Morgan fingerprint density at radius 2 is 1.36 bits per heavy atom. The van der Waals surface area contributed by atoms with Crippen LogP contribution in [0, 0.1) is 31.3 Å². The minimum Gasteiger partial charge on any atom is -0.389 e. The van der Waals surface area contributed by atoms with Crippen LogP contribution in [0.5, 0.6) is 0 Å². The van der Waals surface area contributed by atoms with Gasteiger partial charge in [0.25, 0.3) is 0 Å². The second kappa shape index (κ2) is 3.61. The third-order valence-corrected chi connectivity index (χ3v) is 2.24. The Kier molecular flexibility index (Phi) is 2.85. The van der Waals surface area contributed by atoms with Gasteiger partial charge < -0.3 is 5.11 Å². The number of benzene rings is 1. The molecule has 0 amide bonds. The van der Waals surface area contributed by atoms with Gasteiger partial charge in [-0.25, -0.2) is 13.2 Å². The molecule has 1 N–H and O–H groups in total. The molecule has 0 bridgehead atoms. The van der Waals surface area contributed by atoms with E-state index in [0.29, 0.717) is 0 Å². The summed E-state index contributed by atoms with van der Waals surface area (Å²) < 4.78 is 39.5. The van der Waals surface area contributed by atoms with Crippen molar-refractivity contribution in [3.63, 3.8) is 0 Å². The molecule has 78 valence electrons. The summed E-state index contributed by atoms with van der Waals surface area (Å²) in [5.74, 6) is -3.17. The van der Waals surface area contributed by atoms with Crippen molar-refractivity contribution in [1.82, 2.24) is 0 Å². The number of hydrogen-bond donors (Lipinski definition) is 1. The Morgan fingerprint density at radius 3 is 1.79 bits per heavy atom. The molecule has 0 aliphatic carbocycles. The molecule has 4 heteroatoms. The van der Waals surface area contributed by atoms with Crippen LogP contribution in [-0.4, -0.2) is 5.11 Å². The first kappa shape index (κ1) is 11.0. The van der Waals surface area contributed by atoms with Crippen LogP contribution in [-0.2, 0) is 0 Å². The van der Waals surface area contributed by atoms with Crippen LogP contribution >= 0.6 is 0 Å². The van der Waals surface area contributed by atoms with Gasteiger partial charge in [0.1, 0.15) is 5.82 Å². The van der Waals surface area contributed by atoms with Crippen molar-refractivity contribution in [3.05, 3.63) is 34.1 Å². The van der Waals surface area contributed by atoms with Crippen LogP contribution in [0.1, 0.15) is 29.7 Å². The Balaban J connectivity index is 3.60. The van der Waals surface area contributed by atoms with Crippen molar-refractivity contribution in [1.29, 1.82) is 0 Å². The fourth-order valence-electron chi connectivity index (χ4n) is 1.41. The highest BCUT2D eigenvalue weighted by atomic mass is 19.2. The average Bonchev–Trinajstić information content (AvgIpc) is 2.11. The lowest BCUT2D eigenvalue weighted by Crippen LogP contribution is -2.07. The van der Waals surface area contributed by atoms with Crippen molar-refractivity contribution in [2.75, 3.05) is 0 Å². The standard InChI is InChI=1S/C10H11F3O/c1-4-7(6(3)14)8(11)5(2)10(13)9(4)12/h6,14H,1-3H3. The van der Waals surface area contributed by atoms with Gasteiger partial charge in [-0.05, 0) is 26.3 Å². The maximum absolute atomic E-state index is 13.4. The minimum atomic E-state index is -1.19. The summed E-state index contributed by atoms with van der Waals surface area (Å²) in [6.45, 7) is 3.68. The van der Waals surface area contributed by atoms with Gasteiger partial charge in [-0.2, -0.15) is 0 Å². The van der Waals surface area contributed by atoms with E-state index < -0.39 is 29.1 Å². The first-order chi connectivity index (χ1) is 6.37. The summed E-state index contributed by atoms with van der Waals surface area (Å²) >= 11 is 0. The van der Waals surface area contributed by atoms with Gasteiger partial charge in [0.05, 0.1) is 6.10 Å². The normalized spacial score (nSPS) is 13.1. The average molecular weight is 204 g/mol. The highest BCUT2D eigenvalue weighted by molar-refractivity contribution is 5.36. The first-order valence-electron chi connectivity index (χ1n) is 4.19. The molecule has 1 rings (SSSR count). The Bertz CT molecular complexity index is 343. The molecule has 0 aliphatic rings. The van der Waals surface area contributed by atoms with Crippen molar-refractivity contribution in [2.24, 2.45) is 0 Å². The summed E-state index contributed by atoms with van der Waals surface area (Å²) in [5, 5.41) is 9.20. The van der Waals surface area contributed by atoms with Crippen LogP contribution in [0.3, 0.4) is 0 Å². The van der Waals surface area contributed by atoms with Gasteiger partial charge in [-0.1, -0.05) is 0 Å². The van der Waals surface area contributed by atoms with E-state index in [0.717, 1.165) is 6.92 Å². The molecule has 0 heterocycles. The topological polar surface area (TPSA) is 20.2 Å². The van der Waals surface area contributed by atoms with Crippen LogP contribution in [0.4, 0.5) is 13.2 Å². The SMILES string of the molecule is Cc1c(F)c(F)c(C)c(C(C)O)c1F. The summed E-state index contributed by atoms with van der Waals surface area (Å²) in [6.07, 6.45) is -1.15. The molecule has 1 aromatic carbocycles. The van der Waals surface area contributed by atoms with Gasteiger partial charge in [0.15, 0.2) is 11.6 Å². The zero-order valence-corrected chi connectivity index (χ0v) is 8.16. The van der Waals surface area contributed by atoms with E-state index in [1.54, 1.807) is 0 Å². The first-order valence-corrected chi connectivity index (χ1v) is 4.19. The summed E-state index contributed by atoms with van der Waals surface area (Å²) in [6, 6.07) is 0. The quantitative estimate of drug-likeness (QED) is 0.697. The Hall–Kier alpha value is -1.03. The van der Waals surface area contributed by atoms with E-state index in [9.17, 15) is 18.3 Å². The van der Waals surface area contributed by atoms with Gasteiger partial charge in [0.2, 0.25) is 0 Å². The highest BCUT2D eigenvalue weighted by Gasteiger charge is 2.22. The van der Waals surface area contributed by atoms with E-state index in [-0.39, 0.29) is 11.1 Å². The third kappa shape index (κ3) is 1.50. The van der Waals surface area contributed by atoms with Gasteiger partial charge >= 0.3 is 0 Å². The maximum atomic E-state index is 13.4. The van der Waals surface area contributed by atoms with Gasteiger partial charge in [-0.3, -0.25) is 0 Å². The van der Waals surface area contributed by atoms with Crippen LogP contribution in [0.15, 0.2) is 0 Å². The third-order valence-electron chi connectivity index (χ3n) is 2.24. The second-order valence-electron chi connectivity index (χ2n) is 3.28. The summed E-state index contributed by atoms with van der Waals surface area (Å²) in [5.41, 5.74) is -0.758. The van der Waals surface area contributed by atoms with Gasteiger partial charge in [-0.15, -0.1) is 0 Å². The van der Waals surface area contributed by atoms with Crippen LogP contribution in [0.25, 0.3) is 0 Å². The molecular formula is C10H11F3O. The lowest BCUT2D eigenvalue weighted by atomic mass is 9.99. The maximum Gasteiger partial charge on any atom is 0.164 e. The number of hydrogen-bond acceptors (Lipinski definition) is 1. The molecule has 1 aromatic rings. The number of halogens is 3. The Morgan fingerprint density at radius 1 is 0.929 bits per heavy atom. The fourth-order valence-corrected chi connectivity index (χ4v) is 1.41. The molecule has 0 fully saturated rings. The molecule has 0 saturated carbocycles. The molecule has 1 unspecified atom stereocenters. The van der Waals surface area contributed by atoms with Crippen molar-refractivity contribution >= 4 is 0 Å². The highest BCUT2D eigenvalue weighted by Crippen LogP contribution is 2.28. The second-order valence-corrected chi connectivity index (χ2v) is 3.28.